The number of carbonyl (C=O) groups is 1. The molecular formula is C20H19F4N7O. The van der Waals surface area contributed by atoms with E-state index in [4.69, 9.17) is 0 Å². The minimum Gasteiger partial charge on any atom is -0.360 e. The molecule has 1 aliphatic rings. The van der Waals surface area contributed by atoms with E-state index in [1.165, 1.54) is 23.4 Å². The van der Waals surface area contributed by atoms with E-state index in [2.05, 4.69) is 30.8 Å². The first kappa shape index (κ1) is 21.7. The Morgan fingerprint density at radius 3 is 2.66 bits per heavy atom. The zero-order chi connectivity index (χ0) is 22.9. The minimum atomic E-state index is -4.70. The quantitative estimate of drug-likeness (QED) is 0.580. The van der Waals surface area contributed by atoms with E-state index in [0.717, 1.165) is 6.07 Å². The smallest absolute Gasteiger partial charge is 0.360 e. The van der Waals surface area contributed by atoms with Gasteiger partial charge in [-0.1, -0.05) is 0 Å². The van der Waals surface area contributed by atoms with Gasteiger partial charge in [-0.25, -0.2) is 14.4 Å². The number of pyridine rings is 2. The van der Waals surface area contributed by atoms with Crippen LogP contribution >= 0.6 is 0 Å². The molecule has 2 unspecified atom stereocenters. The summed E-state index contributed by atoms with van der Waals surface area (Å²) in [6.45, 7) is 1.71. The van der Waals surface area contributed by atoms with Crippen molar-refractivity contribution < 1.29 is 22.4 Å². The first-order valence-corrected chi connectivity index (χ1v) is 9.82. The van der Waals surface area contributed by atoms with Crippen molar-refractivity contribution in [2.24, 2.45) is 0 Å². The molecule has 1 aliphatic carbocycles. The molecule has 1 amide bonds. The molecule has 0 spiro atoms. The Labute approximate surface area is 180 Å². The molecule has 3 heterocycles. The van der Waals surface area contributed by atoms with Crippen LogP contribution in [-0.2, 0) is 6.18 Å². The molecule has 0 radical (unpaired) electrons. The molecule has 3 aromatic heterocycles. The van der Waals surface area contributed by atoms with Gasteiger partial charge < -0.3 is 10.6 Å². The molecule has 4 rings (SSSR count). The van der Waals surface area contributed by atoms with Gasteiger partial charge in [-0.15, -0.1) is 4.80 Å². The number of carbonyl (C=O) groups excluding carboxylic acids is 1. The lowest BCUT2D eigenvalue weighted by Gasteiger charge is -2.34. The minimum absolute atomic E-state index is 0.0846. The van der Waals surface area contributed by atoms with Crippen molar-refractivity contribution in [3.63, 3.8) is 0 Å². The summed E-state index contributed by atoms with van der Waals surface area (Å²) >= 11 is 0. The molecule has 2 N–H and O–H groups in total. The fourth-order valence-corrected chi connectivity index (χ4v) is 3.81. The summed E-state index contributed by atoms with van der Waals surface area (Å²) in [6.07, 6.45) is 1.38. The maximum absolute atomic E-state index is 14.2. The van der Waals surface area contributed by atoms with Crippen LogP contribution in [0.15, 0.2) is 42.9 Å². The maximum Gasteiger partial charge on any atom is 0.433 e. The zero-order valence-electron chi connectivity index (χ0n) is 16.9. The summed E-state index contributed by atoms with van der Waals surface area (Å²) in [6, 6.07) is 4.07. The van der Waals surface area contributed by atoms with E-state index in [9.17, 15) is 22.4 Å². The Hall–Kier alpha value is -3.57. The van der Waals surface area contributed by atoms with Gasteiger partial charge in [0.2, 0.25) is 0 Å². The first-order valence-electron chi connectivity index (χ1n) is 9.82. The number of hydrogen-bond acceptors (Lipinski definition) is 6. The van der Waals surface area contributed by atoms with E-state index in [1.54, 1.807) is 19.1 Å². The van der Waals surface area contributed by atoms with Gasteiger partial charge in [0.1, 0.15) is 11.4 Å². The number of nitrogens with zero attached hydrogens (tertiary/aromatic N) is 5. The SMILES string of the molecule is CC1(Nc2nc(C(F)(F)F)ccc2F)CCCC1NC(=O)c1ncccc1-n1nccn1. The van der Waals surface area contributed by atoms with Gasteiger partial charge >= 0.3 is 6.18 Å². The number of rotatable bonds is 5. The number of anilines is 1. The normalized spacial score (nSPS) is 20.8. The molecule has 0 aliphatic heterocycles. The Morgan fingerprint density at radius 2 is 1.94 bits per heavy atom. The number of alkyl halides is 3. The average molecular weight is 449 g/mol. The molecule has 32 heavy (non-hydrogen) atoms. The van der Waals surface area contributed by atoms with Gasteiger partial charge in [0.15, 0.2) is 17.3 Å². The Bertz CT molecular complexity index is 1120. The lowest BCUT2D eigenvalue weighted by molar-refractivity contribution is -0.141. The van der Waals surface area contributed by atoms with Crippen molar-refractivity contribution in [3.8, 4) is 5.69 Å². The predicted octanol–water partition coefficient (Wildman–Crippen LogP) is 3.37. The second kappa shape index (κ2) is 8.17. The molecule has 0 bridgehead atoms. The van der Waals surface area contributed by atoms with Crippen LogP contribution in [0.25, 0.3) is 5.69 Å². The van der Waals surface area contributed by atoms with Crippen LogP contribution in [0.5, 0.6) is 0 Å². The Balaban J connectivity index is 1.57. The zero-order valence-corrected chi connectivity index (χ0v) is 16.9. The van der Waals surface area contributed by atoms with E-state index >= 15 is 0 Å². The molecule has 3 aromatic rings. The highest BCUT2D eigenvalue weighted by Gasteiger charge is 2.41. The highest BCUT2D eigenvalue weighted by molar-refractivity contribution is 5.96. The van der Waals surface area contributed by atoms with Crippen LogP contribution in [-0.4, -0.2) is 42.4 Å². The first-order chi connectivity index (χ1) is 15.2. The van der Waals surface area contributed by atoms with Crippen LogP contribution in [0, 0.1) is 5.82 Å². The van der Waals surface area contributed by atoms with Crippen LogP contribution in [0.1, 0.15) is 42.4 Å². The van der Waals surface area contributed by atoms with Crippen LogP contribution in [0.2, 0.25) is 0 Å². The largest absolute Gasteiger partial charge is 0.433 e. The Kier molecular flexibility index (Phi) is 5.53. The summed E-state index contributed by atoms with van der Waals surface area (Å²) in [4.78, 5) is 21.8. The molecule has 2 atom stereocenters. The van der Waals surface area contributed by atoms with E-state index in [-0.39, 0.29) is 5.69 Å². The van der Waals surface area contributed by atoms with Crippen molar-refractivity contribution in [3.05, 3.63) is 60.1 Å². The summed E-state index contributed by atoms with van der Waals surface area (Å²) in [7, 11) is 0. The van der Waals surface area contributed by atoms with Gasteiger partial charge in [0, 0.05) is 6.20 Å². The molecule has 168 valence electrons. The monoisotopic (exact) mass is 449 g/mol. The third kappa shape index (κ3) is 4.25. The third-order valence-corrected chi connectivity index (χ3v) is 5.44. The van der Waals surface area contributed by atoms with Crippen molar-refractivity contribution in [1.82, 2.24) is 30.3 Å². The predicted molar refractivity (Wildman–Crippen MR) is 105 cm³/mol. The van der Waals surface area contributed by atoms with Crippen molar-refractivity contribution in [2.45, 2.75) is 43.9 Å². The molecule has 0 saturated heterocycles. The summed E-state index contributed by atoms with van der Waals surface area (Å²) in [5.41, 5.74) is -1.67. The van der Waals surface area contributed by atoms with E-state index < -0.39 is 41.0 Å². The van der Waals surface area contributed by atoms with Crippen LogP contribution in [0.3, 0.4) is 0 Å². The highest BCUT2D eigenvalue weighted by atomic mass is 19.4. The van der Waals surface area contributed by atoms with E-state index in [1.807, 2.05) is 0 Å². The van der Waals surface area contributed by atoms with Gasteiger partial charge in [-0.05, 0) is 50.5 Å². The topological polar surface area (TPSA) is 97.6 Å². The lowest BCUT2D eigenvalue weighted by atomic mass is 9.95. The molecular weight excluding hydrogens is 430 g/mol. The average Bonchev–Trinajstić information content (AvgIpc) is 3.39. The second-order valence-electron chi connectivity index (χ2n) is 7.68. The Morgan fingerprint density at radius 1 is 1.19 bits per heavy atom. The number of amides is 1. The van der Waals surface area contributed by atoms with Gasteiger partial charge in [0.25, 0.3) is 5.91 Å². The van der Waals surface area contributed by atoms with Crippen molar-refractivity contribution >= 4 is 11.7 Å². The van der Waals surface area contributed by atoms with Crippen molar-refractivity contribution in [2.75, 3.05) is 5.32 Å². The number of nitrogens with one attached hydrogen (secondary N) is 2. The van der Waals surface area contributed by atoms with Gasteiger partial charge in [-0.2, -0.15) is 23.4 Å². The van der Waals surface area contributed by atoms with Gasteiger partial charge in [-0.3, -0.25) is 4.79 Å². The molecule has 1 fully saturated rings. The van der Waals surface area contributed by atoms with E-state index in [0.29, 0.717) is 31.0 Å². The molecule has 1 saturated carbocycles. The summed E-state index contributed by atoms with van der Waals surface area (Å²) < 4.78 is 53.3. The van der Waals surface area contributed by atoms with Crippen LogP contribution in [0.4, 0.5) is 23.4 Å². The fraction of sp³-hybridized carbons (Fsp3) is 0.350. The number of halogens is 4. The van der Waals surface area contributed by atoms with Crippen LogP contribution < -0.4 is 10.6 Å². The van der Waals surface area contributed by atoms with Crippen molar-refractivity contribution in [1.29, 1.82) is 0 Å². The summed E-state index contributed by atoms with van der Waals surface area (Å²) in [5, 5.41) is 13.7. The molecule has 12 heteroatoms. The number of hydrogen-bond donors (Lipinski definition) is 2. The highest BCUT2D eigenvalue weighted by Crippen LogP contribution is 2.35. The lowest BCUT2D eigenvalue weighted by Crippen LogP contribution is -2.52. The number of aromatic nitrogens is 5. The van der Waals surface area contributed by atoms with Gasteiger partial charge in [0.05, 0.1) is 24.0 Å². The fourth-order valence-electron chi connectivity index (χ4n) is 3.81. The molecule has 8 nitrogen and oxygen atoms in total. The second-order valence-corrected chi connectivity index (χ2v) is 7.68. The standard InChI is InChI=1S/C20H19F4N7O/c1-19(30-17-12(21)6-7-15(28-17)20(22,23)24)8-2-5-14(19)29-18(32)16-13(4-3-9-25-16)31-26-10-11-27-31/h3-4,6-7,9-11,14H,2,5,8H2,1H3,(H,28,30)(H,29,32). The maximum atomic E-state index is 14.2. The molecule has 0 aromatic carbocycles. The third-order valence-electron chi connectivity index (χ3n) is 5.44. The summed E-state index contributed by atoms with van der Waals surface area (Å²) in [5.74, 6) is -1.92.